The highest BCUT2D eigenvalue weighted by Gasteiger charge is 2.10. The Kier molecular flexibility index (Phi) is 2.35. The van der Waals surface area contributed by atoms with Crippen LogP contribution in [0.5, 0.6) is 0 Å². The highest BCUT2D eigenvalue weighted by molar-refractivity contribution is 5.97. The monoisotopic (exact) mass is 233 g/mol. The standard InChI is InChI=1S/C15H11N3/c1-10-3-2-4-11(7-10)13-5-6-17-15-14(13)12(8-16)9-18-15/h2-7,9H,1H3,(H,17,18). The summed E-state index contributed by atoms with van der Waals surface area (Å²) in [6, 6.07) is 12.4. The van der Waals surface area contributed by atoms with Crippen LogP contribution < -0.4 is 0 Å². The number of aromatic amines is 1. The van der Waals surface area contributed by atoms with Crippen LogP contribution in [-0.4, -0.2) is 9.97 Å². The van der Waals surface area contributed by atoms with E-state index >= 15 is 0 Å². The molecule has 0 saturated heterocycles. The molecule has 0 bridgehead atoms. The maximum absolute atomic E-state index is 9.15. The fraction of sp³-hybridized carbons (Fsp3) is 0.0667. The molecule has 3 nitrogen and oxygen atoms in total. The molecule has 0 aliphatic rings. The Morgan fingerprint density at radius 2 is 2.17 bits per heavy atom. The Morgan fingerprint density at radius 1 is 1.28 bits per heavy atom. The minimum absolute atomic E-state index is 0.634. The third-order valence-electron chi connectivity index (χ3n) is 3.02. The van der Waals surface area contributed by atoms with Crippen LogP contribution in [0.25, 0.3) is 22.2 Å². The molecule has 18 heavy (non-hydrogen) atoms. The van der Waals surface area contributed by atoms with E-state index in [9.17, 15) is 0 Å². The largest absolute Gasteiger partial charge is 0.345 e. The number of hydrogen-bond donors (Lipinski definition) is 1. The van der Waals surface area contributed by atoms with Crippen molar-refractivity contribution in [3.05, 3.63) is 53.9 Å². The first-order valence-corrected chi connectivity index (χ1v) is 5.73. The van der Waals surface area contributed by atoms with Gasteiger partial charge in [-0.3, -0.25) is 0 Å². The Bertz CT molecular complexity index is 763. The topological polar surface area (TPSA) is 52.5 Å². The van der Waals surface area contributed by atoms with Gasteiger partial charge < -0.3 is 4.98 Å². The van der Waals surface area contributed by atoms with E-state index in [1.165, 1.54) is 5.56 Å². The summed E-state index contributed by atoms with van der Waals surface area (Å²) in [6.07, 6.45) is 3.47. The molecule has 2 aromatic heterocycles. The van der Waals surface area contributed by atoms with Crippen LogP contribution in [0.1, 0.15) is 11.1 Å². The summed E-state index contributed by atoms with van der Waals surface area (Å²) in [5.74, 6) is 0. The van der Waals surface area contributed by atoms with E-state index in [1.807, 2.05) is 12.1 Å². The summed E-state index contributed by atoms with van der Waals surface area (Å²) >= 11 is 0. The minimum Gasteiger partial charge on any atom is -0.345 e. The number of rotatable bonds is 1. The van der Waals surface area contributed by atoms with Gasteiger partial charge in [0.15, 0.2) is 0 Å². The Balaban J connectivity index is 2.36. The average Bonchev–Trinajstić information content (AvgIpc) is 2.81. The van der Waals surface area contributed by atoms with E-state index in [1.54, 1.807) is 12.4 Å². The predicted molar refractivity (Wildman–Crippen MR) is 71.0 cm³/mol. The number of hydrogen-bond acceptors (Lipinski definition) is 2. The number of nitriles is 1. The first kappa shape index (κ1) is 10.5. The fourth-order valence-corrected chi connectivity index (χ4v) is 2.20. The lowest BCUT2D eigenvalue weighted by Gasteiger charge is -2.04. The molecule has 0 atom stereocenters. The van der Waals surface area contributed by atoms with Crippen molar-refractivity contribution in [1.82, 2.24) is 9.97 Å². The third kappa shape index (κ3) is 1.56. The van der Waals surface area contributed by atoms with Gasteiger partial charge in [0.1, 0.15) is 11.7 Å². The quantitative estimate of drug-likeness (QED) is 0.700. The van der Waals surface area contributed by atoms with Gasteiger partial charge in [-0.05, 0) is 24.1 Å². The van der Waals surface area contributed by atoms with Crippen molar-refractivity contribution in [2.45, 2.75) is 6.92 Å². The summed E-state index contributed by atoms with van der Waals surface area (Å²) in [4.78, 5) is 7.28. The summed E-state index contributed by atoms with van der Waals surface area (Å²) in [5, 5.41) is 10.0. The second-order valence-corrected chi connectivity index (χ2v) is 4.27. The van der Waals surface area contributed by atoms with Crippen molar-refractivity contribution in [3.8, 4) is 17.2 Å². The number of aromatic nitrogens is 2. The third-order valence-corrected chi connectivity index (χ3v) is 3.02. The summed E-state index contributed by atoms with van der Waals surface area (Å²) in [7, 11) is 0. The maximum Gasteiger partial charge on any atom is 0.139 e. The van der Waals surface area contributed by atoms with E-state index in [0.29, 0.717) is 5.56 Å². The molecule has 0 spiro atoms. The first-order chi connectivity index (χ1) is 8.79. The van der Waals surface area contributed by atoms with Crippen LogP contribution in [0.4, 0.5) is 0 Å². The van der Waals surface area contributed by atoms with Crippen molar-refractivity contribution < 1.29 is 0 Å². The Hall–Kier alpha value is -2.60. The van der Waals surface area contributed by atoms with Crippen LogP contribution in [0.3, 0.4) is 0 Å². The molecule has 0 saturated carbocycles. The van der Waals surface area contributed by atoms with Crippen LogP contribution >= 0.6 is 0 Å². The lowest BCUT2D eigenvalue weighted by atomic mass is 10.0. The zero-order valence-electron chi connectivity index (χ0n) is 9.94. The highest BCUT2D eigenvalue weighted by atomic mass is 14.8. The molecule has 0 fully saturated rings. The van der Waals surface area contributed by atoms with Gasteiger partial charge >= 0.3 is 0 Å². The van der Waals surface area contributed by atoms with Gasteiger partial charge in [0, 0.05) is 17.8 Å². The lowest BCUT2D eigenvalue weighted by molar-refractivity contribution is 1.32. The SMILES string of the molecule is Cc1cccc(-c2ccnc3[nH]cc(C#N)c23)c1. The van der Waals surface area contributed by atoms with Crippen molar-refractivity contribution in [2.75, 3.05) is 0 Å². The number of benzene rings is 1. The first-order valence-electron chi connectivity index (χ1n) is 5.73. The fourth-order valence-electron chi connectivity index (χ4n) is 2.20. The van der Waals surface area contributed by atoms with Gasteiger partial charge in [-0.15, -0.1) is 0 Å². The highest BCUT2D eigenvalue weighted by Crippen LogP contribution is 2.29. The number of aryl methyl sites for hydroxylation is 1. The Labute approximate surface area is 105 Å². The van der Waals surface area contributed by atoms with E-state index in [0.717, 1.165) is 22.2 Å². The lowest BCUT2D eigenvalue weighted by Crippen LogP contribution is -1.84. The summed E-state index contributed by atoms with van der Waals surface area (Å²) in [5.41, 5.74) is 4.74. The van der Waals surface area contributed by atoms with Crippen LogP contribution in [0.2, 0.25) is 0 Å². The number of nitrogens with one attached hydrogen (secondary N) is 1. The van der Waals surface area contributed by atoms with E-state index in [2.05, 4.69) is 41.2 Å². The smallest absolute Gasteiger partial charge is 0.139 e. The van der Waals surface area contributed by atoms with E-state index < -0.39 is 0 Å². The molecule has 0 unspecified atom stereocenters. The molecule has 0 amide bonds. The number of nitrogens with zero attached hydrogens (tertiary/aromatic N) is 2. The van der Waals surface area contributed by atoms with Crippen molar-refractivity contribution in [2.24, 2.45) is 0 Å². The van der Waals surface area contributed by atoms with Gasteiger partial charge in [0.2, 0.25) is 0 Å². The maximum atomic E-state index is 9.15. The van der Waals surface area contributed by atoms with Crippen LogP contribution in [0.15, 0.2) is 42.7 Å². The summed E-state index contributed by atoms with van der Waals surface area (Å²) < 4.78 is 0. The Morgan fingerprint density at radius 3 is 2.94 bits per heavy atom. The van der Waals surface area contributed by atoms with Crippen LogP contribution in [0, 0.1) is 18.3 Å². The van der Waals surface area contributed by atoms with Crippen LogP contribution in [-0.2, 0) is 0 Å². The van der Waals surface area contributed by atoms with Crippen molar-refractivity contribution in [3.63, 3.8) is 0 Å². The minimum atomic E-state index is 0.634. The molecule has 0 aliphatic carbocycles. The van der Waals surface area contributed by atoms with Crippen molar-refractivity contribution >= 4 is 11.0 Å². The molecule has 3 aromatic rings. The normalized spacial score (nSPS) is 10.4. The number of fused-ring (bicyclic) bond motifs is 1. The molecular weight excluding hydrogens is 222 g/mol. The van der Waals surface area contributed by atoms with Crippen molar-refractivity contribution in [1.29, 1.82) is 5.26 Å². The molecule has 0 aliphatic heterocycles. The average molecular weight is 233 g/mol. The van der Waals surface area contributed by atoms with E-state index in [4.69, 9.17) is 5.26 Å². The number of pyridine rings is 1. The summed E-state index contributed by atoms with van der Waals surface area (Å²) in [6.45, 7) is 2.06. The molecule has 3 heteroatoms. The zero-order valence-corrected chi connectivity index (χ0v) is 9.94. The number of H-pyrrole nitrogens is 1. The van der Waals surface area contributed by atoms with E-state index in [-0.39, 0.29) is 0 Å². The van der Waals surface area contributed by atoms with Gasteiger partial charge in [0.05, 0.1) is 5.56 Å². The molecule has 3 rings (SSSR count). The molecule has 1 N–H and O–H groups in total. The second-order valence-electron chi connectivity index (χ2n) is 4.27. The van der Waals surface area contributed by atoms with Gasteiger partial charge in [-0.2, -0.15) is 5.26 Å². The van der Waals surface area contributed by atoms with Gasteiger partial charge in [-0.1, -0.05) is 29.8 Å². The molecule has 86 valence electrons. The zero-order chi connectivity index (χ0) is 12.5. The molecule has 2 heterocycles. The van der Waals surface area contributed by atoms with Gasteiger partial charge in [0.25, 0.3) is 0 Å². The molecular formula is C15H11N3. The second kappa shape index (κ2) is 4.01. The predicted octanol–water partition coefficient (Wildman–Crippen LogP) is 3.41. The molecule has 1 aromatic carbocycles. The molecule has 0 radical (unpaired) electrons. The van der Waals surface area contributed by atoms with Gasteiger partial charge in [-0.25, -0.2) is 4.98 Å².